The van der Waals surface area contributed by atoms with Gasteiger partial charge >= 0.3 is 6.03 Å². The Morgan fingerprint density at radius 3 is 3.04 bits per heavy atom. The number of rotatable bonds is 3. The van der Waals surface area contributed by atoms with Crippen molar-refractivity contribution >= 4 is 11.7 Å². The molecule has 6 heteroatoms. The van der Waals surface area contributed by atoms with E-state index in [1.54, 1.807) is 0 Å². The number of carbonyl (C=O) groups is 1. The maximum atomic E-state index is 12.4. The van der Waals surface area contributed by atoms with Gasteiger partial charge in [0, 0.05) is 6.20 Å². The molecule has 2 amide bonds. The molecule has 0 aliphatic heterocycles. The zero-order valence-corrected chi connectivity index (χ0v) is 14.4. The summed E-state index contributed by atoms with van der Waals surface area (Å²) in [5.41, 5.74) is 4.55. The molecule has 0 bridgehead atoms. The van der Waals surface area contributed by atoms with Gasteiger partial charge < -0.3 is 10.6 Å². The van der Waals surface area contributed by atoms with Gasteiger partial charge in [0.2, 0.25) is 0 Å². The zero-order valence-electron chi connectivity index (χ0n) is 14.4. The van der Waals surface area contributed by atoms with Crippen LogP contribution in [-0.2, 0) is 13.0 Å². The van der Waals surface area contributed by atoms with Crippen LogP contribution in [0.2, 0.25) is 0 Å². The van der Waals surface area contributed by atoms with Crippen LogP contribution in [-0.4, -0.2) is 20.6 Å². The van der Waals surface area contributed by atoms with Crippen molar-refractivity contribution in [3.63, 3.8) is 0 Å². The number of fused-ring (bicyclic) bond motifs is 2. The summed E-state index contributed by atoms with van der Waals surface area (Å²) in [7, 11) is 0. The van der Waals surface area contributed by atoms with Crippen LogP contribution in [0.1, 0.15) is 35.5 Å². The normalized spacial score (nSPS) is 19.0. The van der Waals surface area contributed by atoms with Crippen molar-refractivity contribution in [1.29, 1.82) is 0 Å². The molecule has 4 rings (SSSR count). The SMILES string of the molecule is Cc1ccc2c(c1)[C@@H](NC(=O)NCc1nnc3ccccn13)[C@@H](C)C2. The highest BCUT2D eigenvalue weighted by Gasteiger charge is 2.30. The smallest absolute Gasteiger partial charge is 0.315 e. The minimum absolute atomic E-state index is 0.0463. The molecule has 2 heterocycles. The minimum atomic E-state index is -0.182. The van der Waals surface area contributed by atoms with Gasteiger partial charge in [0.05, 0.1) is 12.6 Å². The third kappa shape index (κ3) is 2.95. The van der Waals surface area contributed by atoms with Gasteiger partial charge in [-0.2, -0.15) is 0 Å². The molecule has 2 N–H and O–H groups in total. The number of urea groups is 1. The first kappa shape index (κ1) is 15.6. The van der Waals surface area contributed by atoms with Gasteiger partial charge in [-0.15, -0.1) is 10.2 Å². The maximum absolute atomic E-state index is 12.4. The molecule has 0 radical (unpaired) electrons. The van der Waals surface area contributed by atoms with E-state index >= 15 is 0 Å². The van der Waals surface area contributed by atoms with E-state index < -0.39 is 0 Å². The number of hydrogen-bond acceptors (Lipinski definition) is 3. The van der Waals surface area contributed by atoms with Crippen molar-refractivity contribution in [1.82, 2.24) is 25.2 Å². The highest BCUT2D eigenvalue weighted by atomic mass is 16.2. The van der Waals surface area contributed by atoms with Crippen LogP contribution in [0.25, 0.3) is 5.65 Å². The third-order valence-electron chi connectivity index (χ3n) is 4.83. The molecule has 25 heavy (non-hydrogen) atoms. The fourth-order valence-corrected chi connectivity index (χ4v) is 3.54. The van der Waals surface area contributed by atoms with Crippen LogP contribution in [0, 0.1) is 12.8 Å². The lowest BCUT2D eigenvalue weighted by atomic mass is 10.0. The molecule has 3 aromatic rings. The van der Waals surface area contributed by atoms with E-state index in [1.807, 2.05) is 28.8 Å². The molecule has 0 spiro atoms. The van der Waals surface area contributed by atoms with Crippen molar-refractivity contribution in [2.75, 3.05) is 0 Å². The molecule has 0 fully saturated rings. The largest absolute Gasteiger partial charge is 0.331 e. The van der Waals surface area contributed by atoms with E-state index in [9.17, 15) is 4.79 Å². The first-order chi connectivity index (χ1) is 12.1. The van der Waals surface area contributed by atoms with Crippen LogP contribution in [0.4, 0.5) is 4.79 Å². The summed E-state index contributed by atoms with van der Waals surface area (Å²) in [5.74, 6) is 1.10. The Labute approximate surface area is 146 Å². The second kappa shape index (κ2) is 6.20. The van der Waals surface area contributed by atoms with E-state index in [2.05, 4.69) is 52.9 Å². The number of nitrogens with one attached hydrogen (secondary N) is 2. The fourth-order valence-electron chi connectivity index (χ4n) is 3.54. The molecule has 1 aliphatic carbocycles. The Morgan fingerprint density at radius 2 is 2.16 bits per heavy atom. The molecule has 0 unspecified atom stereocenters. The molecule has 0 saturated carbocycles. The first-order valence-electron chi connectivity index (χ1n) is 8.54. The quantitative estimate of drug-likeness (QED) is 0.773. The number of hydrogen-bond donors (Lipinski definition) is 2. The van der Waals surface area contributed by atoms with Crippen LogP contribution >= 0.6 is 0 Å². The summed E-state index contributed by atoms with van der Waals surface area (Å²) >= 11 is 0. The average molecular weight is 335 g/mol. The Bertz CT molecular complexity index is 932. The number of benzene rings is 1. The van der Waals surface area contributed by atoms with Gasteiger partial charge in [0.15, 0.2) is 11.5 Å². The van der Waals surface area contributed by atoms with Crippen LogP contribution in [0.15, 0.2) is 42.6 Å². The lowest BCUT2D eigenvalue weighted by molar-refractivity contribution is 0.233. The van der Waals surface area contributed by atoms with Gasteiger partial charge in [0.1, 0.15) is 0 Å². The predicted octanol–water partition coefficient (Wildman–Crippen LogP) is 2.77. The van der Waals surface area contributed by atoms with Crippen LogP contribution in [0.5, 0.6) is 0 Å². The predicted molar refractivity (Wildman–Crippen MR) is 95.1 cm³/mol. The molecule has 128 valence electrons. The number of pyridine rings is 1. The highest BCUT2D eigenvalue weighted by molar-refractivity contribution is 5.74. The first-order valence-corrected chi connectivity index (χ1v) is 8.54. The Kier molecular flexibility index (Phi) is 3.87. The Balaban J connectivity index is 1.44. The molecule has 1 aliphatic rings. The second-order valence-electron chi connectivity index (χ2n) is 6.73. The number of aryl methyl sites for hydroxylation is 1. The number of amides is 2. The monoisotopic (exact) mass is 335 g/mol. The zero-order chi connectivity index (χ0) is 17.4. The Morgan fingerprint density at radius 1 is 1.28 bits per heavy atom. The second-order valence-corrected chi connectivity index (χ2v) is 6.73. The number of aromatic nitrogens is 3. The fraction of sp³-hybridized carbons (Fsp3) is 0.316. The summed E-state index contributed by atoms with van der Waals surface area (Å²) in [6.45, 7) is 4.59. The summed E-state index contributed by atoms with van der Waals surface area (Å²) in [6, 6.07) is 12.1. The van der Waals surface area contributed by atoms with Crippen molar-refractivity contribution in [2.45, 2.75) is 32.9 Å². The molecule has 1 aromatic carbocycles. The molecule has 6 nitrogen and oxygen atoms in total. The molecular formula is C19H21N5O. The van der Waals surface area contributed by atoms with Gasteiger partial charge in [-0.05, 0) is 42.5 Å². The van der Waals surface area contributed by atoms with Crippen molar-refractivity contribution < 1.29 is 4.79 Å². The van der Waals surface area contributed by atoms with Gasteiger partial charge in [-0.1, -0.05) is 36.8 Å². The van der Waals surface area contributed by atoms with Gasteiger partial charge in [-0.3, -0.25) is 4.40 Å². The van der Waals surface area contributed by atoms with E-state index in [0.29, 0.717) is 18.3 Å². The average Bonchev–Trinajstić information content (AvgIpc) is 3.15. The summed E-state index contributed by atoms with van der Waals surface area (Å²) in [4.78, 5) is 12.4. The van der Waals surface area contributed by atoms with Crippen LogP contribution < -0.4 is 10.6 Å². The molecule has 0 saturated heterocycles. The lowest BCUT2D eigenvalue weighted by Crippen LogP contribution is -2.39. The summed E-state index contributed by atoms with van der Waals surface area (Å²) in [5, 5.41) is 14.2. The molecule has 2 atom stereocenters. The molecule has 2 aromatic heterocycles. The standard InChI is InChI=1S/C19H21N5O/c1-12-6-7-14-10-13(2)18(15(14)9-12)21-19(25)20-11-17-23-22-16-5-3-4-8-24(16)17/h3-9,13,18H,10-11H2,1-2H3,(H2,20,21,25)/t13-,18-/m0/s1. The highest BCUT2D eigenvalue weighted by Crippen LogP contribution is 2.36. The van der Waals surface area contributed by atoms with Gasteiger partial charge in [-0.25, -0.2) is 4.79 Å². The number of carbonyl (C=O) groups excluding carboxylic acids is 1. The van der Waals surface area contributed by atoms with E-state index in [1.165, 1.54) is 16.7 Å². The maximum Gasteiger partial charge on any atom is 0.315 e. The summed E-state index contributed by atoms with van der Waals surface area (Å²) in [6.07, 6.45) is 2.89. The van der Waals surface area contributed by atoms with Crippen LogP contribution in [0.3, 0.4) is 0 Å². The van der Waals surface area contributed by atoms with E-state index in [0.717, 1.165) is 12.1 Å². The molecular weight excluding hydrogens is 314 g/mol. The lowest BCUT2D eigenvalue weighted by Gasteiger charge is -2.19. The van der Waals surface area contributed by atoms with E-state index in [4.69, 9.17) is 0 Å². The summed E-state index contributed by atoms with van der Waals surface area (Å²) < 4.78 is 1.87. The van der Waals surface area contributed by atoms with Crippen molar-refractivity contribution in [3.05, 3.63) is 65.1 Å². The topological polar surface area (TPSA) is 71.3 Å². The minimum Gasteiger partial charge on any atom is -0.331 e. The van der Waals surface area contributed by atoms with E-state index in [-0.39, 0.29) is 12.1 Å². The van der Waals surface area contributed by atoms with Crippen molar-refractivity contribution in [2.24, 2.45) is 5.92 Å². The van der Waals surface area contributed by atoms with Crippen molar-refractivity contribution in [3.8, 4) is 0 Å². The third-order valence-corrected chi connectivity index (χ3v) is 4.83. The van der Waals surface area contributed by atoms with Gasteiger partial charge in [0.25, 0.3) is 0 Å². The number of nitrogens with zero attached hydrogens (tertiary/aromatic N) is 3. The Hall–Kier alpha value is -2.89.